The molecule has 2 heterocycles. The molecule has 0 radical (unpaired) electrons. The van der Waals surface area contributed by atoms with Gasteiger partial charge in [-0.15, -0.1) is 0 Å². The summed E-state index contributed by atoms with van der Waals surface area (Å²) < 4.78 is 0. The van der Waals surface area contributed by atoms with Crippen molar-refractivity contribution in [1.82, 2.24) is 9.88 Å². The van der Waals surface area contributed by atoms with Gasteiger partial charge in [0.1, 0.15) is 0 Å². The highest BCUT2D eigenvalue weighted by Gasteiger charge is 2.21. The minimum Gasteiger partial charge on any atom is -0.397 e. The number of hydrogen-bond acceptors (Lipinski definition) is 4. The Morgan fingerprint density at radius 3 is 3.00 bits per heavy atom. The molecule has 0 bridgehead atoms. The molecule has 16 heavy (non-hydrogen) atoms. The van der Waals surface area contributed by atoms with Crippen molar-refractivity contribution < 1.29 is 0 Å². The van der Waals surface area contributed by atoms with Gasteiger partial charge in [0.25, 0.3) is 0 Å². The van der Waals surface area contributed by atoms with E-state index in [1.807, 2.05) is 12.3 Å². The molecule has 1 aromatic rings. The van der Waals surface area contributed by atoms with Crippen molar-refractivity contribution in [3.05, 3.63) is 18.5 Å². The Kier molecular flexibility index (Phi) is 3.29. The number of aromatic nitrogens is 1. The van der Waals surface area contributed by atoms with Crippen LogP contribution in [0.3, 0.4) is 0 Å². The monoisotopic (exact) mass is 220 g/mol. The van der Waals surface area contributed by atoms with Crippen LogP contribution in [0.25, 0.3) is 0 Å². The maximum Gasteiger partial charge on any atom is 0.0573 e. The zero-order chi connectivity index (χ0) is 11.5. The summed E-state index contributed by atoms with van der Waals surface area (Å²) >= 11 is 0. The van der Waals surface area contributed by atoms with Gasteiger partial charge in [0.2, 0.25) is 0 Å². The van der Waals surface area contributed by atoms with E-state index >= 15 is 0 Å². The Bertz CT molecular complexity index is 353. The maximum atomic E-state index is 5.75. The molecule has 2 N–H and O–H groups in total. The summed E-state index contributed by atoms with van der Waals surface area (Å²) in [6.07, 6.45) is 6.08. The molecule has 0 amide bonds. The quantitative estimate of drug-likeness (QED) is 0.813. The summed E-state index contributed by atoms with van der Waals surface area (Å²) in [6.45, 7) is 2.32. The van der Waals surface area contributed by atoms with E-state index in [1.54, 1.807) is 6.20 Å². The highest BCUT2D eigenvalue weighted by atomic mass is 15.2. The summed E-state index contributed by atoms with van der Waals surface area (Å²) in [4.78, 5) is 8.81. The molecule has 0 aromatic carbocycles. The van der Waals surface area contributed by atoms with E-state index in [4.69, 9.17) is 5.73 Å². The van der Waals surface area contributed by atoms with Crippen LogP contribution in [-0.4, -0.2) is 43.1 Å². The largest absolute Gasteiger partial charge is 0.397 e. The second-order valence-corrected chi connectivity index (χ2v) is 4.65. The highest BCUT2D eigenvalue weighted by molar-refractivity contribution is 5.53. The fourth-order valence-corrected chi connectivity index (χ4v) is 2.30. The van der Waals surface area contributed by atoms with Crippen LogP contribution < -0.4 is 10.6 Å². The van der Waals surface area contributed by atoms with Crippen LogP contribution in [0, 0.1) is 0 Å². The number of likely N-dealkylation sites (tertiary alicyclic amines) is 1. The normalized spacial score (nSPS) is 22.0. The van der Waals surface area contributed by atoms with E-state index in [2.05, 4.69) is 28.9 Å². The van der Waals surface area contributed by atoms with Crippen LogP contribution in [0.15, 0.2) is 18.5 Å². The first-order valence-electron chi connectivity index (χ1n) is 5.78. The van der Waals surface area contributed by atoms with Crippen molar-refractivity contribution in [2.75, 3.05) is 37.8 Å². The molecule has 1 aliphatic heterocycles. The topological polar surface area (TPSA) is 45.4 Å². The van der Waals surface area contributed by atoms with Gasteiger partial charge in [0.05, 0.1) is 17.6 Å². The molecule has 1 unspecified atom stereocenters. The van der Waals surface area contributed by atoms with E-state index < -0.39 is 0 Å². The van der Waals surface area contributed by atoms with Gasteiger partial charge in [-0.05, 0) is 32.5 Å². The van der Waals surface area contributed by atoms with Gasteiger partial charge in [0, 0.05) is 25.8 Å². The van der Waals surface area contributed by atoms with Gasteiger partial charge in [0.15, 0.2) is 0 Å². The minimum atomic E-state index is 0.572. The van der Waals surface area contributed by atoms with Crippen LogP contribution in [-0.2, 0) is 0 Å². The summed E-state index contributed by atoms with van der Waals surface area (Å²) in [7, 11) is 4.30. The van der Waals surface area contributed by atoms with Gasteiger partial charge < -0.3 is 15.5 Å². The fraction of sp³-hybridized carbons (Fsp3) is 0.583. The Labute approximate surface area is 97.1 Å². The fourth-order valence-electron chi connectivity index (χ4n) is 2.30. The van der Waals surface area contributed by atoms with E-state index in [9.17, 15) is 0 Å². The summed E-state index contributed by atoms with van der Waals surface area (Å²) in [5.74, 6) is 0. The average Bonchev–Trinajstić information content (AvgIpc) is 2.28. The van der Waals surface area contributed by atoms with Crippen molar-refractivity contribution in [3.63, 3.8) is 0 Å². The van der Waals surface area contributed by atoms with Crippen LogP contribution in [0.4, 0.5) is 11.4 Å². The standard InChI is InChI=1S/C12H20N4/c1-15-5-3-4-11(9-15)16(2)12-6-10(13)7-14-8-12/h6-8,11H,3-5,9,13H2,1-2H3. The number of nitrogens with two attached hydrogens (primary N) is 1. The number of rotatable bonds is 2. The highest BCUT2D eigenvalue weighted by Crippen LogP contribution is 2.21. The lowest BCUT2D eigenvalue weighted by Crippen LogP contribution is -2.45. The number of pyridine rings is 1. The molecule has 0 saturated carbocycles. The number of anilines is 2. The molecule has 1 saturated heterocycles. The first-order chi connectivity index (χ1) is 7.66. The second kappa shape index (κ2) is 4.70. The zero-order valence-corrected chi connectivity index (χ0v) is 10.1. The SMILES string of the molecule is CN1CCCC(N(C)c2cncc(N)c2)C1. The molecule has 1 aromatic heterocycles. The third-order valence-corrected chi connectivity index (χ3v) is 3.30. The van der Waals surface area contributed by atoms with Crippen molar-refractivity contribution in [1.29, 1.82) is 0 Å². The Balaban J connectivity index is 2.09. The molecule has 1 aliphatic rings. The van der Waals surface area contributed by atoms with Crippen molar-refractivity contribution in [2.24, 2.45) is 0 Å². The lowest BCUT2D eigenvalue weighted by Gasteiger charge is -2.37. The molecule has 4 nitrogen and oxygen atoms in total. The number of piperidine rings is 1. The van der Waals surface area contributed by atoms with Gasteiger partial charge >= 0.3 is 0 Å². The number of nitrogen functional groups attached to an aromatic ring is 1. The number of nitrogens with zero attached hydrogens (tertiary/aromatic N) is 3. The summed E-state index contributed by atoms with van der Waals surface area (Å²) in [5.41, 5.74) is 7.60. The molecular formula is C12H20N4. The van der Waals surface area contributed by atoms with Crippen LogP contribution in [0.2, 0.25) is 0 Å². The molecule has 1 atom stereocenters. The smallest absolute Gasteiger partial charge is 0.0573 e. The molecule has 88 valence electrons. The van der Waals surface area contributed by atoms with Crippen molar-refractivity contribution >= 4 is 11.4 Å². The lowest BCUT2D eigenvalue weighted by atomic mass is 10.0. The van der Waals surface area contributed by atoms with Crippen LogP contribution in [0.5, 0.6) is 0 Å². The predicted molar refractivity (Wildman–Crippen MR) is 67.6 cm³/mol. The summed E-state index contributed by atoms with van der Waals surface area (Å²) in [6, 6.07) is 2.56. The van der Waals surface area contributed by atoms with Crippen LogP contribution in [0.1, 0.15) is 12.8 Å². The number of likely N-dealkylation sites (N-methyl/N-ethyl adjacent to an activating group) is 2. The van der Waals surface area contributed by atoms with E-state index in [1.165, 1.54) is 19.4 Å². The van der Waals surface area contributed by atoms with Crippen molar-refractivity contribution in [2.45, 2.75) is 18.9 Å². The van der Waals surface area contributed by atoms with Gasteiger partial charge in [-0.3, -0.25) is 4.98 Å². The molecule has 1 fully saturated rings. The van der Waals surface area contributed by atoms with Gasteiger partial charge in [-0.2, -0.15) is 0 Å². The second-order valence-electron chi connectivity index (χ2n) is 4.65. The average molecular weight is 220 g/mol. The number of hydrogen-bond donors (Lipinski definition) is 1. The third-order valence-electron chi connectivity index (χ3n) is 3.30. The molecular weight excluding hydrogens is 200 g/mol. The zero-order valence-electron chi connectivity index (χ0n) is 10.1. The maximum absolute atomic E-state index is 5.75. The Morgan fingerprint density at radius 1 is 1.50 bits per heavy atom. The van der Waals surface area contributed by atoms with Crippen LogP contribution >= 0.6 is 0 Å². The Morgan fingerprint density at radius 2 is 2.31 bits per heavy atom. The first kappa shape index (κ1) is 11.2. The van der Waals surface area contributed by atoms with E-state index in [-0.39, 0.29) is 0 Å². The lowest BCUT2D eigenvalue weighted by molar-refractivity contribution is 0.248. The molecule has 4 heteroatoms. The summed E-state index contributed by atoms with van der Waals surface area (Å²) in [5, 5.41) is 0. The first-order valence-corrected chi connectivity index (χ1v) is 5.78. The third kappa shape index (κ3) is 2.44. The molecule has 0 spiro atoms. The minimum absolute atomic E-state index is 0.572. The molecule has 2 rings (SSSR count). The Hall–Kier alpha value is -1.29. The van der Waals surface area contributed by atoms with E-state index in [0.717, 1.165) is 17.9 Å². The van der Waals surface area contributed by atoms with Crippen molar-refractivity contribution in [3.8, 4) is 0 Å². The predicted octanol–water partition coefficient (Wildman–Crippen LogP) is 1.19. The van der Waals surface area contributed by atoms with E-state index in [0.29, 0.717) is 6.04 Å². The molecule has 0 aliphatic carbocycles. The van der Waals surface area contributed by atoms with Gasteiger partial charge in [-0.1, -0.05) is 0 Å². The van der Waals surface area contributed by atoms with Gasteiger partial charge in [-0.25, -0.2) is 0 Å².